The largest absolute Gasteiger partial charge is 0.478 e. The number of ether oxygens (including phenoxy) is 1. The van der Waals surface area contributed by atoms with Crippen LogP contribution >= 0.6 is 0 Å². The summed E-state index contributed by atoms with van der Waals surface area (Å²) in [6.07, 6.45) is -0.550. The molecule has 1 aliphatic carbocycles. The molecule has 7 heteroatoms. The molecule has 0 radical (unpaired) electrons. The Morgan fingerprint density at radius 1 is 1.03 bits per heavy atom. The van der Waals surface area contributed by atoms with E-state index in [-0.39, 0.29) is 30.4 Å². The Labute approximate surface area is 190 Å². The Kier molecular flexibility index (Phi) is 5.09. The van der Waals surface area contributed by atoms with Crippen molar-refractivity contribution >= 4 is 29.3 Å². The van der Waals surface area contributed by atoms with Crippen molar-refractivity contribution in [3.8, 4) is 11.1 Å². The molecule has 1 unspecified atom stereocenters. The third kappa shape index (κ3) is 3.61. The molecular weight excluding hydrogens is 420 g/mol. The summed E-state index contributed by atoms with van der Waals surface area (Å²) in [5.74, 6) is -1.47. The molecule has 166 valence electrons. The summed E-state index contributed by atoms with van der Waals surface area (Å²) in [4.78, 5) is 38.5. The van der Waals surface area contributed by atoms with E-state index in [2.05, 4.69) is 17.4 Å². The lowest BCUT2D eigenvalue weighted by Gasteiger charge is -2.28. The number of rotatable bonds is 3. The van der Waals surface area contributed by atoms with Crippen molar-refractivity contribution in [1.82, 2.24) is 0 Å². The van der Waals surface area contributed by atoms with Crippen LogP contribution in [0.3, 0.4) is 0 Å². The number of nitrogens with zero attached hydrogens (tertiary/aromatic N) is 1. The van der Waals surface area contributed by atoms with Crippen molar-refractivity contribution in [2.75, 3.05) is 16.8 Å². The van der Waals surface area contributed by atoms with E-state index in [0.717, 1.165) is 22.3 Å². The van der Waals surface area contributed by atoms with Crippen molar-refractivity contribution in [1.29, 1.82) is 0 Å². The number of hydrogen-bond donors (Lipinski definition) is 2. The zero-order valence-corrected chi connectivity index (χ0v) is 17.9. The van der Waals surface area contributed by atoms with Gasteiger partial charge in [-0.05, 0) is 47.4 Å². The lowest BCUT2D eigenvalue weighted by atomic mass is 9.98. The first-order valence-corrected chi connectivity index (χ1v) is 10.8. The van der Waals surface area contributed by atoms with Gasteiger partial charge in [0.1, 0.15) is 6.61 Å². The highest BCUT2D eigenvalue weighted by Crippen LogP contribution is 2.44. The van der Waals surface area contributed by atoms with Crippen LogP contribution in [-0.4, -0.2) is 35.7 Å². The highest BCUT2D eigenvalue weighted by molar-refractivity contribution is 6.04. The Bertz CT molecular complexity index is 1240. The van der Waals surface area contributed by atoms with Crippen molar-refractivity contribution in [2.45, 2.75) is 25.3 Å². The summed E-state index contributed by atoms with van der Waals surface area (Å²) in [6, 6.07) is 19.9. The van der Waals surface area contributed by atoms with E-state index < -0.39 is 18.1 Å². The molecule has 3 aromatic rings. The number of carbonyl (C=O) groups excluding carboxylic acids is 2. The minimum Gasteiger partial charge on any atom is -0.478 e. The molecule has 0 saturated heterocycles. The van der Waals surface area contributed by atoms with Gasteiger partial charge in [-0.2, -0.15) is 0 Å². The third-order valence-electron chi connectivity index (χ3n) is 6.23. The van der Waals surface area contributed by atoms with E-state index in [1.165, 1.54) is 23.1 Å². The molecule has 2 amide bonds. The molecule has 7 nitrogen and oxygen atoms in total. The molecular formula is C26H22N2O5. The number of amides is 2. The molecule has 0 saturated carbocycles. The number of fused-ring (bicyclic) bond motifs is 4. The van der Waals surface area contributed by atoms with Gasteiger partial charge in [-0.3, -0.25) is 9.69 Å². The molecule has 1 heterocycles. The Morgan fingerprint density at radius 3 is 2.30 bits per heavy atom. The van der Waals surface area contributed by atoms with Gasteiger partial charge >= 0.3 is 12.1 Å². The molecule has 1 aliphatic heterocycles. The van der Waals surface area contributed by atoms with Gasteiger partial charge in [0.2, 0.25) is 5.91 Å². The van der Waals surface area contributed by atoms with Gasteiger partial charge in [-0.15, -0.1) is 0 Å². The van der Waals surface area contributed by atoms with Gasteiger partial charge in [0.05, 0.1) is 16.9 Å². The third-order valence-corrected chi connectivity index (χ3v) is 6.23. The minimum absolute atomic E-state index is 0.0218. The highest BCUT2D eigenvalue weighted by atomic mass is 16.6. The molecule has 0 bridgehead atoms. The monoisotopic (exact) mass is 442 g/mol. The summed E-state index contributed by atoms with van der Waals surface area (Å²) in [6.45, 7) is 1.87. The van der Waals surface area contributed by atoms with Crippen molar-refractivity contribution in [3.63, 3.8) is 0 Å². The predicted octanol–water partition coefficient (Wildman–Crippen LogP) is 4.87. The minimum atomic E-state index is -1.12. The maximum atomic E-state index is 13.3. The maximum absolute atomic E-state index is 13.3. The number of carboxylic acids is 1. The van der Waals surface area contributed by atoms with Crippen LogP contribution in [0, 0.1) is 0 Å². The summed E-state index contributed by atoms with van der Waals surface area (Å²) >= 11 is 0. The molecule has 0 spiro atoms. The fraction of sp³-hybridized carbons (Fsp3) is 0.192. The van der Waals surface area contributed by atoms with E-state index in [0.29, 0.717) is 11.4 Å². The van der Waals surface area contributed by atoms with Crippen LogP contribution in [0.5, 0.6) is 0 Å². The first-order valence-electron chi connectivity index (χ1n) is 10.8. The molecule has 5 rings (SSSR count). The van der Waals surface area contributed by atoms with Crippen LogP contribution in [0.4, 0.5) is 16.2 Å². The molecule has 0 aromatic heterocycles. The molecule has 2 aliphatic rings. The van der Waals surface area contributed by atoms with E-state index in [1.807, 2.05) is 36.4 Å². The van der Waals surface area contributed by atoms with Crippen molar-refractivity contribution < 1.29 is 24.2 Å². The summed E-state index contributed by atoms with van der Waals surface area (Å²) in [7, 11) is 0. The second-order valence-electron chi connectivity index (χ2n) is 8.31. The van der Waals surface area contributed by atoms with E-state index in [9.17, 15) is 19.5 Å². The lowest BCUT2D eigenvalue weighted by molar-refractivity contribution is -0.116. The first-order chi connectivity index (χ1) is 15.9. The fourth-order valence-corrected chi connectivity index (χ4v) is 4.71. The van der Waals surface area contributed by atoms with Crippen molar-refractivity contribution in [2.24, 2.45) is 0 Å². The van der Waals surface area contributed by atoms with Crippen molar-refractivity contribution in [3.05, 3.63) is 83.4 Å². The lowest BCUT2D eigenvalue weighted by Crippen LogP contribution is -2.40. The number of carbonyl (C=O) groups is 3. The zero-order valence-electron chi connectivity index (χ0n) is 17.9. The van der Waals surface area contributed by atoms with E-state index >= 15 is 0 Å². The zero-order chi connectivity index (χ0) is 23.1. The summed E-state index contributed by atoms with van der Waals surface area (Å²) in [5.41, 5.74) is 5.16. The van der Waals surface area contributed by atoms with Gasteiger partial charge < -0.3 is 15.2 Å². The second kappa shape index (κ2) is 8.09. The van der Waals surface area contributed by atoms with Crippen LogP contribution in [0.15, 0.2) is 66.7 Å². The normalized spacial score (nSPS) is 16.8. The number of hydrogen-bond acceptors (Lipinski definition) is 4. The van der Waals surface area contributed by atoms with E-state index in [4.69, 9.17) is 4.74 Å². The maximum Gasteiger partial charge on any atom is 0.414 e. The standard InChI is InChI=1S/C26H22N2O5/c1-15-12-24(29)27-22-11-10-16(25(30)31)13-23(22)28(15)26(32)33-14-21-19-8-4-2-6-17(19)18-7-3-5-9-20(18)21/h2-11,13,15,21H,12,14H2,1H3,(H,27,29)(H,30,31). The fourth-order valence-electron chi connectivity index (χ4n) is 4.71. The molecule has 1 atom stereocenters. The molecule has 3 aromatic carbocycles. The average molecular weight is 442 g/mol. The Balaban J connectivity index is 1.45. The summed E-state index contributed by atoms with van der Waals surface area (Å²) in [5, 5.41) is 12.2. The Hall–Kier alpha value is -4.13. The smallest absolute Gasteiger partial charge is 0.414 e. The van der Waals surface area contributed by atoms with Crippen LogP contribution in [0.1, 0.15) is 40.7 Å². The number of carboxylic acid groups (broad SMARTS) is 1. The number of anilines is 2. The topological polar surface area (TPSA) is 95.9 Å². The first kappa shape index (κ1) is 20.8. The number of nitrogens with one attached hydrogen (secondary N) is 1. The van der Waals surface area contributed by atoms with Gasteiger partial charge in [0, 0.05) is 18.4 Å². The number of benzene rings is 3. The average Bonchev–Trinajstić information content (AvgIpc) is 3.05. The van der Waals surface area contributed by atoms with Crippen LogP contribution in [-0.2, 0) is 9.53 Å². The van der Waals surface area contributed by atoms with Gasteiger partial charge in [-0.25, -0.2) is 9.59 Å². The second-order valence-corrected chi connectivity index (χ2v) is 8.31. The van der Waals surface area contributed by atoms with E-state index in [1.54, 1.807) is 6.92 Å². The van der Waals surface area contributed by atoms with Crippen LogP contribution in [0.25, 0.3) is 11.1 Å². The predicted molar refractivity (Wildman–Crippen MR) is 124 cm³/mol. The molecule has 2 N–H and O–H groups in total. The molecule has 33 heavy (non-hydrogen) atoms. The van der Waals surface area contributed by atoms with Crippen LogP contribution < -0.4 is 10.2 Å². The number of aromatic carboxylic acids is 1. The Morgan fingerprint density at radius 2 is 1.67 bits per heavy atom. The highest BCUT2D eigenvalue weighted by Gasteiger charge is 2.34. The van der Waals surface area contributed by atoms with Gasteiger partial charge in [0.15, 0.2) is 0 Å². The SMILES string of the molecule is CC1CC(=O)Nc2ccc(C(=O)O)cc2N1C(=O)OCC1c2ccccc2-c2ccccc21. The van der Waals surface area contributed by atoms with Gasteiger partial charge in [-0.1, -0.05) is 48.5 Å². The quantitative estimate of drug-likeness (QED) is 0.603. The van der Waals surface area contributed by atoms with Crippen LogP contribution in [0.2, 0.25) is 0 Å². The molecule has 0 fully saturated rings. The van der Waals surface area contributed by atoms with Gasteiger partial charge in [0.25, 0.3) is 0 Å². The summed E-state index contributed by atoms with van der Waals surface area (Å²) < 4.78 is 5.80.